The normalized spacial score (nSPS) is 15.1. The molecule has 3 N–H and O–H groups in total. The molecular weight excluding hydrogens is 622 g/mol. The average Bonchev–Trinajstić information content (AvgIpc) is 3.71. The summed E-state index contributed by atoms with van der Waals surface area (Å²) in [5.41, 5.74) is 4.63. The number of benzene rings is 2. The van der Waals surface area contributed by atoms with Gasteiger partial charge >= 0.3 is 0 Å². The SMILES string of the molecule is CNC(=O)c1c2cc(C3CC3)c(N(CCCn3c(O)c4c(c3O)CCCC4)S(C)(=O)=O)cc2nn1-c1ccc(Br)cc1. The molecule has 222 valence electrons. The number of rotatable bonds is 9. The summed E-state index contributed by atoms with van der Waals surface area (Å²) in [5, 5.41) is 29.7. The molecule has 0 aliphatic heterocycles. The standard InChI is InChI=1S/C30H34BrN5O5S/c1-32-28(37)27-24-16-23(18-8-9-18)26(17-25(24)33-36(27)20-12-10-19(31)11-13-20)35(42(2,40)41)15-5-14-34-29(38)21-6-3-4-7-22(21)30(34)39/h10-13,16-18,38-39H,3-9,14-15H2,1-2H3,(H,32,37). The molecule has 12 heteroatoms. The number of aromatic hydroxyl groups is 2. The number of halogens is 1. The largest absolute Gasteiger partial charge is 0.494 e. The van der Waals surface area contributed by atoms with Gasteiger partial charge in [0, 0.05) is 41.1 Å². The quantitative estimate of drug-likeness (QED) is 0.233. The Morgan fingerprint density at radius 2 is 1.74 bits per heavy atom. The van der Waals surface area contributed by atoms with Crippen LogP contribution in [0.4, 0.5) is 5.69 Å². The number of fused-ring (bicyclic) bond motifs is 2. The molecular formula is C30H34BrN5O5S. The van der Waals surface area contributed by atoms with Crippen molar-refractivity contribution in [3.63, 3.8) is 0 Å². The monoisotopic (exact) mass is 655 g/mol. The maximum absolute atomic E-state index is 13.2. The second-order valence-corrected chi connectivity index (χ2v) is 14.0. The van der Waals surface area contributed by atoms with E-state index in [-0.39, 0.29) is 36.7 Å². The Kier molecular flexibility index (Phi) is 7.46. The number of nitrogens with zero attached hydrogens (tertiary/aromatic N) is 4. The van der Waals surface area contributed by atoms with Crippen LogP contribution in [0.25, 0.3) is 16.6 Å². The molecule has 42 heavy (non-hydrogen) atoms. The number of sulfonamides is 1. The van der Waals surface area contributed by atoms with Gasteiger partial charge in [-0.05, 0) is 92.8 Å². The van der Waals surface area contributed by atoms with Gasteiger partial charge in [-0.1, -0.05) is 15.9 Å². The molecule has 1 amide bonds. The number of carbonyl (C=O) groups excluding carboxylic acids is 1. The van der Waals surface area contributed by atoms with Crippen molar-refractivity contribution in [3.05, 3.63) is 63.3 Å². The minimum absolute atomic E-state index is 0.0772. The van der Waals surface area contributed by atoms with Gasteiger partial charge in [-0.2, -0.15) is 5.10 Å². The molecule has 6 rings (SSSR count). The number of aromatic nitrogens is 3. The Hall–Kier alpha value is -3.51. The molecule has 1 fully saturated rings. The van der Waals surface area contributed by atoms with Crippen LogP contribution in [0.3, 0.4) is 0 Å². The van der Waals surface area contributed by atoms with Crippen LogP contribution in [0.2, 0.25) is 0 Å². The van der Waals surface area contributed by atoms with Crippen LogP contribution in [0.1, 0.15) is 65.2 Å². The lowest BCUT2D eigenvalue weighted by molar-refractivity contribution is 0.0957. The minimum Gasteiger partial charge on any atom is -0.494 e. The topological polar surface area (TPSA) is 130 Å². The summed E-state index contributed by atoms with van der Waals surface area (Å²) in [7, 11) is -2.12. The zero-order chi connectivity index (χ0) is 29.8. The van der Waals surface area contributed by atoms with E-state index < -0.39 is 10.0 Å². The van der Waals surface area contributed by atoms with Gasteiger partial charge in [0.2, 0.25) is 10.0 Å². The molecule has 2 aromatic heterocycles. The number of hydrogen-bond donors (Lipinski definition) is 3. The van der Waals surface area contributed by atoms with E-state index in [0.29, 0.717) is 34.4 Å². The van der Waals surface area contributed by atoms with Crippen LogP contribution in [-0.2, 0) is 29.4 Å². The molecule has 0 saturated heterocycles. The molecule has 0 unspecified atom stereocenters. The average molecular weight is 657 g/mol. The van der Waals surface area contributed by atoms with Gasteiger partial charge < -0.3 is 15.5 Å². The van der Waals surface area contributed by atoms with Crippen molar-refractivity contribution in [3.8, 4) is 17.4 Å². The fourth-order valence-electron chi connectivity index (χ4n) is 6.06. The fourth-order valence-corrected chi connectivity index (χ4v) is 7.30. The van der Waals surface area contributed by atoms with Crippen molar-refractivity contribution in [2.45, 2.75) is 57.4 Å². The summed E-state index contributed by atoms with van der Waals surface area (Å²) in [6.45, 7) is 0.429. The molecule has 4 aromatic rings. The number of nitrogens with one attached hydrogen (secondary N) is 1. The van der Waals surface area contributed by atoms with E-state index >= 15 is 0 Å². The lowest BCUT2D eigenvalue weighted by Crippen LogP contribution is -2.32. The highest BCUT2D eigenvalue weighted by molar-refractivity contribution is 9.10. The molecule has 0 radical (unpaired) electrons. The van der Waals surface area contributed by atoms with E-state index in [1.807, 2.05) is 30.3 Å². The Bertz CT molecular complexity index is 1760. The summed E-state index contributed by atoms with van der Waals surface area (Å²) in [6, 6.07) is 11.2. The van der Waals surface area contributed by atoms with Crippen molar-refractivity contribution in [2.75, 3.05) is 24.2 Å². The lowest BCUT2D eigenvalue weighted by Gasteiger charge is -2.25. The van der Waals surface area contributed by atoms with Crippen molar-refractivity contribution >= 4 is 48.5 Å². The van der Waals surface area contributed by atoms with E-state index in [0.717, 1.165) is 59.7 Å². The van der Waals surface area contributed by atoms with Crippen molar-refractivity contribution in [1.29, 1.82) is 0 Å². The third-order valence-electron chi connectivity index (χ3n) is 8.28. The van der Waals surface area contributed by atoms with Gasteiger partial charge in [0.05, 0.1) is 23.1 Å². The number of amides is 1. The smallest absolute Gasteiger partial charge is 0.270 e. The first-order valence-electron chi connectivity index (χ1n) is 14.2. The Morgan fingerprint density at radius 1 is 1.10 bits per heavy atom. The Balaban J connectivity index is 1.39. The number of hydrogen-bond acceptors (Lipinski definition) is 6. The summed E-state index contributed by atoms with van der Waals surface area (Å²) in [5.74, 6) is 0.0530. The highest BCUT2D eigenvalue weighted by Crippen LogP contribution is 2.47. The third-order valence-corrected chi connectivity index (χ3v) is 9.99. The lowest BCUT2D eigenvalue weighted by atomic mass is 9.95. The molecule has 10 nitrogen and oxygen atoms in total. The van der Waals surface area contributed by atoms with Crippen LogP contribution in [0.5, 0.6) is 11.8 Å². The number of carbonyl (C=O) groups is 1. The summed E-state index contributed by atoms with van der Waals surface area (Å²) in [6.07, 6.45) is 6.83. The van der Waals surface area contributed by atoms with E-state index in [4.69, 9.17) is 5.10 Å². The number of anilines is 1. The van der Waals surface area contributed by atoms with Crippen LogP contribution in [0.15, 0.2) is 40.9 Å². The first-order valence-corrected chi connectivity index (χ1v) is 16.9. The molecule has 1 saturated carbocycles. The Labute approximate surface area is 253 Å². The van der Waals surface area contributed by atoms with Gasteiger partial charge in [0.25, 0.3) is 5.91 Å². The van der Waals surface area contributed by atoms with Gasteiger partial charge in [-0.15, -0.1) is 0 Å². The molecule has 2 aliphatic carbocycles. The summed E-state index contributed by atoms with van der Waals surface area (Å²) in [4.78, 5) is 13.1. The van der Waals surface area contributed by atoms with E-state index in [1.54, 1.807) is 17.8 Å². The zero-order valence-electron chi connectivity index (χ0n) is 23.6. The molecule has 0 spiro atoms. The van der Waals surface area contributed by atoms with E-state index in [2.05, 4.69) is 21.2 Å². The first-order chi connectivity index (χ1) is 20.1. The van der Waals surface area contributed by atoms with Gasteiger partial charge in [0.1, 0.15) is 5.69 Å². The van der Waals surface area contributed by atoms with Gasteiger partial charge in [-0.25, -0.2) is 13.1 Å². The van der Waals surface area contributed by atoms with Gasteiger partial charge in [0.15, 0.2) is 11.8 Å². The molecule has 2 aliphatic rings. The highest BCUT2D eigenvalue weighted by atomic mass is 79.9. The fraction of sp³-hybridized carbons (Fsp3) is 0.400. The maximum Gasteiger partial charge on any atom is 0.270 e. The van der Waals surface area contributed by atoms with Crippen molar-refractivity contribution < 1.29 is 23.4 Å². The van der Waals surface area contributed by atoms with Crippen LogP contribution in [0, 0.1) is 0 Å². The molecule has 2 heterocycles. The van der Waals surface area contributed by atoms with Crippen LogP contribution < -0.4 is 9.62 Å². The predicted molar refractivity (Wildman–Crippen MR) is 165 cm³/mol. The Morgan fingerprint density at radius 3 is 2.31 bits per heavy atom. The second-order valence-electron chi connectivity index (χ2n) is 11.2. The summed E-state index contributed by atoms with van der Waals surface area (Å²) < 4.78 is 31.8. The second kappa shape index (κ2) is 11.0. The van der Waals surface area contributed by atoms with E-state index in [1.165, 1.54) is 15.1 Å². The van der Waals surface area contributed by atoms with Gasteiger partial charge in [-0.3, -0.25) is 13.7 Å². The first kappa shape index (κ1) is 28.6. The third kappa shape index (κ3) is 5.15. The van der Waals surface area contributed by atoms with Crippen LogP contribution >= 0.6 is 15.9 Å². The highest BCUT2D eigenvalue weighted by Gasteiger charge is 2.33. The minimum atomic E-state index is -3.69. The maximum atomic E-state index is 13.2. The van der Waals surface area contributed by atoms with Crippen molar-refractivity contribution in [2.24, 2.45) is 0 Å². The summed E-state index contributed by atoms with van der Waals surface area (Å²) >= 11 is 3.45. The van der Waals surface area contributed by atoms with Crippen LogP contribution in [-0.4, -0.2) is 58.7 Å². The van der Waals surface area contributed by atoms with E-state index in [9.17, 15) is 23.4 Å². The molecule has 0 atom stereocenters. The molecule has 2 aromatic carbocycles. The predicted octanol–water partition coefficient (Wildman–Crippen LogP) is 4.97. The zero-order valence-corrected chi connectivity index (χ0v) is 26.0. The van der Waals surface area contributed by atoms with Crippen molar-refractivity contribution in [1.82, 2.24) is 19.7 Å². The molecule has 0 bridgehead atoms.